The number of hydrogen-bond donors (Lipinski definition) is 0. The van der Waals surface area contributed by atoms with E-state index < -0.39 is 0 Å². The van der Waals surface area contributed by atoms with Crippen LogP contribution in [0.1, 0.15) is 10.4 Å². The van der Waals surface area contributed by atoms with Gasteiger partial charge in [-0.3, -0.25) is 4.79 Å². The largest absolute Gasteiger partial charge is 0.452 e. The molecule has 0 aliphatic carbocycles. The van der Waals surface area contributed by atoms with Crippen molar-refractivity contribution in [2.75, 3.05) is 25.1 Å². The Balaban J connectivity index is 2.17. The Morgan fingerprint density at radius 2 is 2.50 bits per heavy atom. The topological polar surface area (TPSA) is 42.7 Å². The predicted molar refractivity (Wildman–Crippen MR) is 63.2 cm³/mol. The van der Waals surface area contributed by atoms with Crippen molar-refractivity contribution in [1.29, 1.82) is 0 Å². The van der Waals surface area contributed by atoms with Crippen molar-refractivity contribution < 1.29 is 13.9 Å². The van der Waals surface area contributed by atoms with Crippen LogP contribution in [0.3, 0.4) is 0 Å². The third-order valence-electron chi connectivity index (χ3n) is 2.51. The second-order valence-corrected chi connectivity index (χ2v) is 4.48. The van der Waals surface area contributed by atoms with Gasteiger partial charge in [-0.15, -0.1) is 0 Å². The summed E-state index contributed by atoms with van der Waals surface area (Å²) in [6, 6.07) is 1.64. The zero-order valence-corrected chi connectivity index (χ0v) is 10.8. The van der Waals surface area contributed by atoms with E-state index in [4.69, 9.17) is 20.8 Å². The molecule has 4 nitrogen and oxygen atoms in total. The van der Waals surface area contributed by atoms with E-state index in [0.29, 0.717) is 30.7 Å². The molecule has 1 aromatic rings. The monoisotopic (exact) mass is 307 g/mol. The highest BCUT2D eigenvalue weighted by Crippen LogP contribution is 2.21. The van der Waals surface area contributed by atoms with Gasteiger partial charge in [-0.1, -0.05) is 15.9 Å². The van der Waals surface area contributed by atoms with Crippen molar-refractivity contribution in [3.8, 4) is 0 Å². The first-order valence-corrected chi connectivity index (χ1v) is 6.41. The minimum atomic E-state index is -0.105. The standard InChI is InChI=1S/C10H11BrClNO3/c11-5-7-6-15-4-2-13(7)10(14)8-1-3-16-9(8)12/h1,3,7H,2,4-6H2. The van der Waals surface area contributed by atoms with Crippen LogP contribution in [0.5, 0.6) is 0 Å². The van der Waals surface area contributed by atoms with Gasteiger partial charge in [-0.2, -0.15) is 0 Å². The lowest BCUT2D eigenvalue weighted by Crippen LogP contribution is -2.49. The Bertz CT molecular complexity index is 382. The number of carbonyl (C=O) groups excluding carboxylic acids is 1. The first-order chi connectivity index (χ1) is 7.74. The summed E-state index contributed by atoms with van der Waals surface area (Å²) in [6.45, 7) is 1.69. The zero-order valence-electron chi connectivity index (χ0n) is 8.49. The molecule has 0 saturated carbocycles. The van der Waals surface area contributed by atoms with Crippen molar-refractivity contribution in [1.82, 2.24) is 4.90 Å². The van der Waals surface area contributed by atoms with E-state index in [-0.39, 0.29) is 17.2 Å². The maximum absolute atomic E-state index is 12.2. The van der Waals surface area contributed by atoms with Gasteiger partial charge in [0, 0.05) is 11.9 Å². The number of amides is 1. The van der Waals surface area contributed by atoms with Crippen molar-refractivity contribution in [3.05, 3.63) is 23.1 Å². The fourth-order valence-electron chi connectivity index (χ4n) is 1.65. The number of ether oxygens (including phenoxy) is 1. The van der Waals surface area contributed by atoms with Gasteiger partial charge in [0.05, 0.1) is 31.1 Å². The average molecular weight is 309 g/mol. The molecular weight excluding hydrogens is 297 g/mol. The number of halogens is 2. The van der Waals surface area contributed by atoms with E-state index in [1.807, 2.05) is 0 Å². The molecule has 1 aliphatic heterocycles. The number of rotatable bonds is 2. The number of morpholine rings is 1. The van der Waals surface area contributed by atoms with Gasteiger partial charge >= 0.3 is 0 Å². The maximum atomic E-state index is 12.2. The third-order valence-corrected chi connectivity index (χ3v) is 3.55. The van der Waals surface area contributed by atoms with Crippen LogP contribution in [-0.2, 0) is 4.74 Å². The summed E-state index contributed by atoms with van der Waals surface area (Å²) in [5, 5.41) is 0.832. The molecule has 1 amide bonds. The highest BCUT2D eigenvalue weighted by molar-refractivity contribution is 9.09. The van der Waals surface area contributed by atoms with E-state index in [1.54, 1.807) is 11.0 Å². The van der Waals surface area contributed by atoms with Crippen LogP contribution in [0.2, 0.25) is 5.22 Å². The van der Waals surface area contributed by atoms with Gasteiger partial charge in [-0.25, -0.2) is 0 Å². The van der Waals surface area contributed by atoms with E-state index in [2.05, 4.69) is 15.9 Å². The second-order valence-electron chi connectivity index (χ2n) is 3.49. The number of alkyl halides is 1. The Labute approximate surface area is 107 Å². The molecule has 0 aromatic carbocycles. The molecule has 1 aromatic heterocycles. The van der Waals surface area contributed by atoms with Crippen LogP contribution in [0.15, 0.2) is 16.7 Å². The summed E-state index contributed by atoms with van der Waals surface area (Å²) < 4.78 is 10.2. The van der Waals surface area contributed by atoms with Crippen LogP contribution in [0.25, 0.3) is 0 Å². The van der Waals surface area contributed by atoms with Gasteiger partial charge in [0.25, 0.3) is 5.91 Å². The van der Waals surface area contributed by atoms with E-state index in [0.717, 1.165) is 0 Å². The maximum Gasteiger partial charge on any atom is 0.259 e. The lowest BCUT2D eigenvalue weighted by atomic mass is 10.2. The normalized spacial score (nSPS) is 21.1. The highest BCUT2D eigenvalue weighted by Gasteiger charge is 2.29. The quantitative estimate of drug-likeness (QED) is 0.786. The number of carbonyl (C=O) groups is 1. The molecule has 1 unspecified atom stereocenters. The van der Waals surface area contributed by atoms with E-state index in [1.165, 1.54) is 6.26 Å². The molecular formula is C10H11BrClNO3. The SMILES string of the molecule is O=C(c1ccoc1Cl)N1CCOCC1CBr. The third kappa shape index (κ3) is 2.26. The van der Waals surface area contributed by atoms with Crippen LogP contribution < -0.4 is 0 Å². The molecule has 0 N–H and O–H groups in total. The van der Waals surface area contributed by atoms with Crippen molar-refractivity contribution in [2.45, 2.75) is 6.04 Å². The molecule has 88 valence electrons. The van der Waals surface area contributed by atoms with Crippen molar-refractivity contribution in [2.24, 2.45) is 0 Å². The molecule has 1 atom stereocenters. The van der Waals surface area contributed by atoms with Gasteiger partial charge < -0.3 is 14.1 Å². The Kier molecular flexibility index (Phi) is 3.89. The fourth-order valence-corrected chi connectivity index (χ4v) is 2.38. The van der Waals surface area contributed by atoms with Gasteiger partial charge in [0.15, 0.2) is 0 Å². The molecule has 16 heavy (non-hydrogen) atoms. The summed E-state index contributed by atoms with van der Waals surface area (Å²) >= 11 is 9.16. The lowest BCUT2D eigenvalue weighted by molar-refractivity contribution is 0.00522. The molecule has 1 aliphatic rings. The molecule has 0 radical (unpaired) electrons. The molecule has 1 fully saturated rings. The fraction of sp³-hybridized carbons (Fsp3) is 0.500. The van der Waals surface area contributed by atoms with Crippen molar-refractivity contribution >= 4 is 33.4 Å². The number of furan rings is 1. The zero-order chi connectivity index (χ0) is 11.5. The Hall–Kier alpha value is -0.520. The summed E-state index contributed by atoms with van der Waals surface area (Å²) in [5.74, 6) is -0.105. The van der Waals surface area contributed by atoms with Crippen molar-refractivity contribution in [3.63, 3.8) is 0 Å². The number of nitrogens with zero attached hydrogens (tertiary/aromatic N) is 1. The minimum Gasteiger partial charge on any atom is -0.452 e. The molecule has 2 rings (SSSR count). The van der Waals surface area contributed by atoms with Crippen LogP contribution >= 0.6 is 27.5 Å². The summed E-state index contributed by atoms with van der Waals surface area (Å²) in [5.41, 5.74) is 0.412. The average Bonchev–Trinajstić information content (AvgIpc) is 2.74. The molecule has 6 heteroatoms. The smallest absolute Gasteiger partial charge is 0.259 e. The van der Waals surface area contributed by atoms with Gasteiger partial charge in [0.1, 0.15) is 0 Å². The van der Waals surface area contributed by atoms with Gasteiger partial charge in [0.2, 0.25) is 5.22 Å². The molecule has 0 bridgehead atoms. The van der Waals surface area contributed by atoms with E-state index in [9.17, 15) is 4.79 Å². The summed E-state index contributed by atoms with van der Waals surface area (Å²) in [7, 11) is 0. The Morgan fingerprint density at radius 1 is 1.69 bits per heavy atom. The molecule has 2 heterocycles. The summed E-state index contributed by atoms with van der Waals surface area (Å²) in [6.07, 6.45) is 1.42. The lowest BCUT2D eigenvalue weighted by Gasteiger charge is -2.34. The highest BCUT2D eigenvalue weighted by atomic mass is 79.9. The first-order valence-electron chi connectivity index (χ1n) is 4.91. The Morgan fingerprint density at radius 3 is 3.12 bits per heavy atom. The number of hydrogen-bond acceptors (Lipinski definition) is 3. The minimum absolute atomic E-state index is 0.0483. The van der Waals surface area contributed by atoms with Crippen LogP contribution in [0.4, 0.5) is 0 Å². The van der Waals surface area contributed by atoms with E-state index >= 15 is 0 Å². The predicted octanol–water partition coefficient (Wildman–Crippen LogP) is 2.17. The van der Waals surface area contributed by atoms with Gasteiger partial charge in [-0.05, 0) is 17.7 Å². The van der Waals surface area contributed by atoms with Crippen LogP contribution in [-0.4, -0.2) is 41.9 Å². The second kappa shape index (κ2) is 5.21. The first kappa shape index (κ1) is 12.0. The summed E-state index contributed by atoms with van der Waals surface area (Å²) in [4.78, 5) is 13.9. The molecule has 1 saturated heterocycles. The molecule has 0 spiro atoms. The van der Waals surface area contributed by atoms with Crippen LogP contribution in [0, 0.1) is 0 Å².